The van der Waals surface area contributed by atoms with Crippen LogP contribution in [0.3, 0.4) is 0 Å². The number of fused-ring (bicyclic) bond motifs is 4. The zero-order chi connectivity index (χ0) is 17.1. The molecule has 0 saturated heterocycles. The van der Waals surface area contributed by atoms with Crippen LogP contribution in [0.5, 0.6) is 0 Å². The molecule has 4 aromatic rings. The summed E-state index contributed by atoms with van der Waals surface area (Å²) in [5.74, 6) is 1.76. The standard InChI is InChI=1S/C20H18N4O/c1-12-8-9-15-14-6-4-5-7-16(14)25-18(15)17(12)24-13(2)23(3)19-20(24)22-11-10-21-19/h4-11,13H,1-3H3/t13-/m0/s1. The van der Waals surface area contributed by atoms with Crippen molar-refractivity contribution in [3.05, 3.63) is 54.4 Å². The third kappa shape index (κ3) is 1.83. The molecule has 5 heteroatoms. The maximum atomic E-state index is 6.27. The van der Waals surface area contributed by atoms with Crippen molar-refractivity contribution in [3.8, 4) is 0 Å². The molecule has 1 aliphatic heterocycles. The Morgan fingerprint density at radius 1 is 0.960 bits per heavy atom. The summed E-state index contributed by atoms with van der Waals surface area (Å²) >= 11 is 0. The monoisotopic (exact) mass is 330 g/mol. The largest absolute Gasteiger partial charge is 0.454 e. The third-order valence-electron chi connectivity index (χ3n) is 5.12. The first kappa shape index (κ1) is 14.3. The molecule has 0 aliphatic carbocycles. The number of furan rings is 1. The molecule has 0 N–H and O–H groups in total. The minimum Gasteiger partial charge on any atom is -0.454 e. The molecule has 0 saturated carbocycles. The summed E-state index contributed by atoms with van der Waals surface area (Å²) in [6.07, 6.45) is 3.58. The van der Waals surface area contributed by atoms with Crippen molar-refractivity contribution in [1.29, 1.82) is 0 Å². The van der Waals surface area contributed by atoms with Crippen LogP contribution in [0.25, 0.3) is 21.9 Å². The fourth-order valence-corrected chi connectivity index (χ4v) is 3.73. The number of benzene rings is 2. The van der Waals surface area contributed by atoms with Gasteiger partial charge in [0, 0.05) is 30.2 Å². The molecule has 3 heterocycles. The molecule has 0 fully saturated rings. The first-order valence-corrected chi connectivity index (χ1v) is 8.41. The van der Waals surface area contributed by atoms with E-state index in [0.717, 1.165) is 44.8 Å². The second kappa shape index (κ2) is 4.96. The van der Waals surface area contributed by atoms with E-state index < -0.39 is 0 Å². The highest BCUT2D eigenvalue weighted by Gasteiger charge is 2.36. The lowest BCUT2D eigenvalue weighted by Gasteiger charge is -2.27. The quantitative estimate of drug-likeness (QED) is 0.509. The summed E-state index contributed by atoms with van der Waals surface area (Å²) in [7, 11) is 2.05. The van der Waals surface area contributed by atoms with Gasteiger partial charge in [-0.15, -0.1) is 0 Å². The number of rotatable bonds is 1. The minimum absolute atomic E-state index is 0.106. The van der Waals surface area contributed by atoms with Gasteiger partial charge in [-0.1, -0.05) is 30.3 Å². The van der Waals surface area contributed by atoms with E-state index in [2.05, 4.69) is 51.8 Å². The van der Waals surface area contributed by atoms with Crippen LogP contribution in [0.15, 0.2) is 53.2 Å². The van der Waals surface area contributed by atoms with Gasteiger partial charge < -0.3 is 9.32 Å². The molecule has 2 aromatic heterocycles. The first-order valence-electron chi connectivity index (χ1n) is 8.41. The van der Waals surface area contributed by atoms with E-state index in [1.165, 1.54) is 0 Å². The van der Waals surface area contributed by atoms with Crippen molar-refractivity contribution in [2.45, 2.75) is 20.0 Å². The SMILES string of the molecule is Cc1ccc2c(oc3ccccc32)c1N1c2nccnc2N(C)[C@@H]1C. The van der Waals surface area contributed by atoms with Crippen molar-refractivity contribution >= 4 is 39.3 Å². The van der Waals surface area contributed by atoms with Crippen LogP contribution < -0.4 is 9.80 Å². The lowest BCUT2D eigenvalue weighted by atomic mass is 10.1. The van der Waals surface area contributed by atoms with Gasteiger partial charge >= 0.3 is 0 Å². The Bertz CT molecular complexity index is 1120. The van der Waals surface area contributed by atoms with Crippen molar-refractivity contribution in [2.24, 2.45) is 0 Å². The van der Waals surface area contributed by atoms with Crippen LogP contribution in [-0.2, 0) is 0 Å². The van der Waals surface area contributed by atoms with E-state index in [-0.39, 0.29) is 6.17 Å². The number of hydrogen-bond donors (Lipinski definition) is 0. The molecule has 0 spiro atoms. The molecule has 5 nitrogen and oxygen atoms in total. The topological polar surface area (TPSA) is 45.4 Å². The fraction of sp³-hybridized carbons (Fsp3) is 0.200. The molecule has 1 aliphatic rings. The molecule has 2 aromatic carbocycles. The Kier molecular flexibility index (Phi) is 2.83. The van der Waals surface area contributed by atoms with E-state index in [1.54, 1.807) is 12.4 Å². The zero-order valence-electron chi connectivity index (χ0n) is 14.4. The molecule has 0 unspecified atom stereocenters. The lowest BCUT2D eigenvalue weighted by Crippen LogP contribution is -2.36. The summed E-state index contributed by atoms with van der Waals surface area (Å²) in [6, 6.07) is 12.5. The number of aryl methyl sites for hydroxylation is 1. The molecule has 0 amide bonds. The van der Waals surface area contributed by atoms with Crippen LogP contribution in [-0.4, -0.2) is 23.2 Å². The summed E-state index contributed by atoms with van der Waals surface area (Å²) < 4.78 is 6.27. The van der Waals surface area contributed by atoms with Gasteiger partial charge in [0.1, 0.15) is 11.7 Å². The molecule has 25 heavy (non-hydrogen) atoms. The fourth-order valence-electron chi connectivity index (χ4n) is 3.73. The van der Waals surface area contributed by atoms with Crippen LogP contribution in [0.2, 0.25) is 0 Å². The molecule has 0 radical (unpaired) electrons. The summed E-state index contributed by atoms with van der Waals surface area (Å²) in [5, 5.41) is 2.27. The Morgan fingerprint density at radius 3 is 2.56 bits per heavy atom. The smallest absolute Gasteiger partial charge is 0.178 e. The van der Waals surface area contributed by atoms with E-state index >= 15 is 0 Å². The number of hydrogen-bond acceptors (Lipinski definition) is 5. The van der Waals surface area contributed by atoms with E-state index in [4.69, 9.17) is 4.42 Å². The Morgan fingerprint density at radius 2 is 1.72 bits per heavy atom. The maximum absolute atomic E-state index is 6.27. The van der Waals surface area contributed by atoms with Gasteiger partial charge in [0.15, 0.2) is 17.2 Å². The summed E-state index contributed by atoms with van der Waals surface area (Å²) in [4.78, 5) is 13.5. The average Bonchev–Trinajstić information content (AvgIpc) is 3.12. The molecular formula is C20H18N4O. The average molecular weight is 330 g/mol. The molecular weight excluding hydrogens is 312 g/mol. The number of para-hydroxylation sites is 1. The highest BCUT2D eigenvalue weighted by Crippen LogP contribution is 2.45. The molecule has 1 atom stereocenters. The Balaban J connectivity index is 1.85. The Labute approximate surface area is 145 Å². The van der Waals surface area contributed by atoms with Crippen molar-refractivity contribution in [2.75, 3.05) is 16.8 Å². The zero-order valence-corrected chi connectivity index (χ0v) is 14.4. The molecule has 0 bridgehead atoms. The second-order valence-electron chi connectivity index (χ2n) is 6.52. The molecule has 124 valence electrons. The van der Waals surface area contributed by atoms with Gasteiger partial charge in [0.2, 0.25) is 0 Å². The second-order valence-corrected chi connectivity index (χ2v) is 6.52. The minimum atomic E-state index is 0.106. The first-order chi connectivity index (χ1) is 12.2. The van der Waals surface area contributed by atoms with Gasteiger partial charge in [-0.3, -0.25) is 4.90 Å². The normalized spacial score (nSPS) is 16.8. The van der Waals surface area contributed by atoms with Gasteiger partial charge in [-0.2, -0.15) is 0 Å². The number of anilines is 3. The highest BCUT2D eigenvalue weighted by molar-refractivity contribution is 6.10. The maximum Gasteiger partial charge on any atom is 0.178 e. The Hall–Kier alpha value is -3.08. The molecule has 5 rings (SSSR count). The van der Waals surface area contributed by atoms with E-state index in [1.807, 2.05) is 25.2 Å². The van der Waals surface area contributed by atoms with E-state index in [0.29, 0.717) is 0 Å². The third-order valence-corrected chi connectivity index (χ3v) is 5.12. The van der Waals surface area contributed by atoms with Crippen molar-refractivity contribution in [1.82, 2.24) is 9.97 Å². The van der Waals surface area contributed by atoms with Gasteiger partial charge in [0.25, 0.3) is 0 Å². The summed E-state index contributed by atoms with van der Waals surface area (Å²) in [6.45, 7) is 4.27. The lowest BCUT2D eigenvalue weighted by molar-refractivity contribution is 0.660. The van der Waals surface area contributed by atoms with Crippen molar-refractivity contribution < 1.29 is 4.42 Å². The van der Waals surface area contributed by atoms with Crippen LogP contribution in [0, 0.1) is 6.92 Å². The van der Waals surface area contributed by atoms with E-state index in [9.17, 15) is 0 Å². The van der Waals surface area contributed by atoms with Crippen LogP contribution >= 0.6 is 0 Å². The predicted octanol–water partition coefficient (Wildman–Crippen LogP) is 4.62. The number of nitrogens with zero attached hydrogens (tertiary/aromatic N) is 4. The van der Waals surface area contributed by atoms with Gasteiger partial charge in [-0.25, -0.2) is 9.97 Å². The van der Waals surface area contributed by atoms with Crippen LogP contribution in [0.4, 0.5) is 17.3 Å². The predicted molar refractivity (Wildman–Crippen MR) is 100 cm³/mol. The van der Waals surface area contributed by atoms with Gasteiger partial charge in [0.05, 0.1) is 5.69 Å². The summed E-state index contributed by atoms with van der Waals surface area (Å²) in [5.41, 5.74) is 4.03. The highest BCUT2D eigenvalue weighted by atomic mass is 16.3. The van der Waals surface area contributed by atoms with Crippen LogP contribution in [0.1, 0.15) is 12.5 Å². The van der Waals surface area contributed by atoms with Gasteiger partial charge in [-0.05, 0) is 25.5 Å². The van der Waals surface area contributed by atoms with Crippen molar-refractivity contribution in [3.63, 3.8) is 0 Å². The number of aromatic nitrogens is 2.